The Hall–Kier alpha value is -3.97. The lowest BCUT2D eigenvalue weighted by molar-refractivity contribution is -0.295. The Morgan fingerprint density at radius 2 is 1.95 bits per heavy atom. The lowest BCUT2D eigenvalue weighted by Crippen LogP contribution is -2.85. The normalized spacial score (nSPS) is 24.2. The fourth-order valence-electron chi connectivity index (χ4n) is 7.87. The first-order valence-electron chi connectivity index (χ1n) is 16.1. The lowest BCUT2D eigenvalue weighted by Gasteiger charge is -2.80. The van der Waals surface area contributed by atoms with E-state index in [1.165, 1.54) is 23.7 Å². The van der Waals surface area contributed by atoms with E-state index in [0.29, 0.717) is 48.0 Å². The second kappa shape index (κ2) is 12.6. The highest BCUT2D eigenvalue weighted by atomic mass is 16.2. The zero-order valence-electron chi connectivity index (χ0n) is 26.1. The van der Waals surface area contributed by atoms with Gasteiger partial charge in [-0.05, 0) is 51.0 Å². The fraction of sp³-hybridized carbons (Fsp3) is 0.559. The van der Waals surface area contributed by atoms with E-state index in [1.54, 1.807) is 6.20 Å². The number of nitrogens with one attached hydrogen (secondary N) is 2. The summed E-state index contributed by atoms with van der Waals surface area (Å²) in [7, 11) is 0. The third-order valence-corrected chi connectivity index (χ3v) is 10.1. The number of carbonyl (C=O) groups excluding carboxylic acids is 2. The molecule has 6 rings (SSSR count). The van der Waals surface area contributed by atoms with Crippen molar-refractivity contribution in [2.75, 3.05) is 13.1 Å². The fourth-order valence-corrected chi connectivity index (χ4v) is 7.87. The maximum absolute atomic E-state index is 13.2. The highest BCUT2D eigenvalue weighted by Crippen LogP contribution is 2.73. The molecule has 5 atom stereocenters. The predicted octanol–water partition coefficient (Wildman–Crippen LogP) is 4.17. The third kappa shape index (κ3) is 5.43. The van der Waals surface area contributed by atoms with Crippen molar-refractivity contribution in [3.8, 4) is 12.3 Å². The number of unbranched alkanes of at least 4 members (excludes halogenated alkanes) is 2. The molecule has 1 saturated heterocycles. The standard InChI is InChI=1S/C34H44N8O2/c1-5-6-7-11-17-35-33(44)26-20-36-40(21-26)22-31(43)37-27(25-12-9-8-10-13-25)15-18-41-28-14-16-34(28)29(41)19-30(34)42-24(4)38-39-32(42)23(2)3/h1,8-10,12-13,20-21,23,27-30H,6-7,11,14-19,22H2,2-4H3,(H,35,44)(H,37,43)/t27-,28?,29?,30?,34?/m0/s1. The number of aryl methyl sites for hydroxylation is 1. The predicted molar refractivity (Wildman–Crippen MR) is 168 cm³/mol. The Morgan fingerprint density at radius 3 is 2.66 bits per heavy atom. The number of nitrogens with zero attached hydrogens (tertiary/aromatic N) is 6. The Balaban J connectivity index is 1.05. The molecule has 0 bridgehead atoms. The van der Waals surface area contributed by atoms with E-state index in [1.807, 2.05) is 18.2 Å². The first-order valence-corrected chi connectivity index (χ1v) is 16.1. The number of hydrogen-bond donors (Lipinski definition) is 2. The zero-order chi connectivity index (χ0) is 30.8. The van der Waals surface area contributed by atoms with Crippen molar-refractivity contribution in [1.82, 2.24) is 40.1 Å². The summed E-state index contributed by atoms with van der Waals surface area (Å²) in [6.45, 7) is 8.04. The molecule has 2 amide bonds. The van der Waals surface area contributed by atoms with Gasteiger partial charge in [-0.15, -0.1) is 22.5 Å². The van der Waals surface area contributed by atoms with Crippen molar-refractivity contribution in [3.05, 3.63) is 65.5 Å². The van der Waals surface area contributed by atoms with E-state index < -0.39 is 0 Å². The topological polar surface area (TPSA) is 110 Å². The van der Waals surface area contributed by atoms with Gasteiger partial charge >= 0.3 is 0 Å². The number of amides is 2. The molecular formula is C34H44N8O2. The maximum atomic E-state index is 13.2. The Labute approximate surface area is 260 Å². The monoisotopic (exact) mass is 596 g/mol. The molecule has 2 aliphatic carbocycles. The second-order valence-electron chi connectivity index (χ2n) is 13.0. The lowest BCUT2D eigenvalue weighted by atomic mass is 9.40. The van der Waals surface area contributed by atoms with Gasteiger partial charge in [-0.25, -0.2) is 0 Å². The summed E-state index contributed by atoms with van der Waals surface area (Å²) in [5.74, 6) is 4.78. The van der Waals surface area contributed by atoms with Gasteiger partial charge in [0.15, 0.2) is 0 Å². The van der Waals surface area contributed by atoms with Crippen LogP contribution < -0.4 is 10.6 Å². The number of likely N-dealkylation sites (tertiary alicyclic amines) is 1. The summed E-state index contributed by atoms with van der Waals surface area (Å²) >= 11 is 0. The van der Waals surface area contributed by atoms with E-state index in [4.69, 9.17) is 6.42 Å². The molecule has 2 N–H and O–H groups in total. The van der Waals surface area contributed by atoms with Crippen molar-refractivity contribution in [3.63, 3.8) is 0 Å². The highest BCUT2D eigenvalue weighted by Gasteiger charge is 2.75. The molecule has 232 valence electrons. The van der Waals surface area contributed by atoms with E-state index in [2.05, 4.69) is 74.2 Å². The molecule has 1 aromatic carbocycles. The number of terminal acetylenes is 1. The molecule has 0 radical (unpaired) electrons. The number of benzene rings is 1. The molecule has 1 spiro atoms. The van der Waals surface area contributed by atoms with E-state index in [-0.39, 0.29) is 24.4 Å². The van der Waals surface area contributed by atoms with Crippen molar-refractivity contribution >= 4 is 11.8 Å². The quantitative estimate of drug-likeness (QED) is 0.214. The molecular weight excluding hydrogens is 552 g/mol. The molecule has 10 heteroatoms. The Morgan fingerprint density at radius 1 is 1.14 bits per heavy atom. The van der Waals surface area contributed by atoms with Gasteiger partial charge in [0.05, 0.1) is 17.8 Å². The summed E-state index contributed by atoms with van der Waals surface area (Å²) in [5, 5.41) is 19.4. The maximum Gasteiger partial charge on any atom is 0.254 e. The van der Waals surface area contributed by atoms with Crippen molar-refractivity contribution < 1.29 is 9.59 Å². The van der Waals surface area contributed by atoms with Gasteiger partial charge in [0.1, 0.15) is 18.2 Å². The summed E-state index contributed by atoms with van der Waals surface area (Å²) in [6.07, 6.45) is 15.3. The van der Waals surface area contributed by atoms with Gasteiger partial charge < -0.3 is 15.2 Å². The van der Waals surface area contributed by atoms with Crippen molar-refractivity contribution in [1.29, 1.82) is 0 Å². The van der Waals surface area contributed by atoms with Crippen LogP contribution in [0.25, 0.3) is 0 Å². The van der Waals surface area contributed by atoms with Crippen LogP contribution in [-0.4, -0.2) is 66.4 Å². The molecule has 3 fully saturated rings. The highest BCUT2D eigenvalue weighted by molar-refractivity contribution is 5.93. The van der Waals surface area contributed by atoms with Crippen LogP contribution in [0.1, 0.15) is 104 Å². The second-order valence-corrected chi connectivity index (χ2v) is 13.0. The molecule has 3 aromatic rings. The number of rotatable bonds is 14. The number of carbonyl (C=O) groups is 2. The first kappa shape index (κ1) is 30.1. The minimum absolute atomic E-state index is 0.0506. The van der Waals surface area contributed by atoms with E-state index >= 15 is 0 Å². The average molecular weight is 597 g/mol. The third-order valence-electron chi connectivity index (χ3n) is 10.1. The van der Waals surface area contributed by atoms with Crippen molar-refractivity contribution in [2.24, 2.45) is 5.41 Å². The average Bonchev–Trinajstić information content (AvgIpc) is 3.61. The largest absolute Gasteiger partial charge is 0.352 e. The van der Waals surface area contributed by atoms with Gasteiger partial charge in [0.25, 0.3) is 5.91 Å². The Kier molecular flexibility index (Phi) is 8.59. The smallest absolute Gasteiger partial charge is 0.254 e. The van der Waals surface area contributed by atoms with Gasteiger partial charge in [-0.3, -0.25) is 19.2 Å². The van der Waals surface area contributed by atoms with Crippen LogP contribution in [-0.2, 0) is 11.3 Å². The number of aromatic nitrogens is 5. The summed E-state index contributed by atoms with van der Waals surface area (Å²) < 4.78 is 3.96. The van der Waals surface area contributed by atoms with Crippen LogP contribution in [0.5, 0.6) is 0 Å². The van der Waals surface area contributed by atoms with Crippen LogP contribution in [0.2, 0.25) is 0 Å². The molecule has 44 heavy (non-hydrogen) atoms. The summed E-state index contributed by atoms with van der Waals surface area (Å²) in [6, 6.07) is 11.8. The van der Waals surface area contributed by atoms with Crippen LogP contribution >= 0.6 is 0 Å². The molecule has 10 nitrogen and oxygen atoms in total. The summed E-state index contributed by atoms with van der Waals surface area (Å²) in [4.78, 5) is 28.4. The zero-order valence-corrected chi connectivity index (χ0v) is 26.1. The van der Waals surface area contributed by atoms with Gasteiger partial charge in [-0.2, -0.15) is 5.10 Å². The number of hydrogen-bond acceptors (Lipinski definition) is 6. The van der Waals surface area contributed by atoms with Gasteiger partial charge in [0.2, 0.25) is 5.91 Å². The van der Waals surface area contributed by atoms with E-state index in [0.717, 1.165) is 49.4 Å². The molecule has 1 aliphatic heterocycles. The van der Waals surface area contributed by atoms with Crippen LogP contribution in [0.15, 0.2) is 42.7 Å². The van der Waals surface area contributed by atoms with Gasteiger partial charge in [-0.1, -0.05) is 44.2 Å². The molecule has 4 unspecified atom stereocenters. The minimum atomic E-state index is -0.195. The number of piperidine rings is 2. The van der Waals surface area contributed by atoms with Crippen molar-refractivity contribution in [2.45, 2.75) is 102 Å². The van der Waals surface area contributed by atoms with Crippen LogP contribution in [0, 0.1) is 24.7 Å². The molecule has 3 aliphatic rings. The molecule has 2 saturated carbocycles. The van der Waals surface area contributed by atoms with Crippen LogP contribution in [0.4, 0.5) is 0 Å². The Bertz CT molecular complexity index is 1510. The minimum Gasteiger partial charge on any atom is -0.352 e. The first-order chi connectivity index (χ1) is 21.3. The van der Waals surface area contributed by atoms with E-state index in [9.17, 15) is 9.59 Å². The molecule has 3 heterocycles. The van der Waals surface area contributed by atoms with Crippen LogP contribution in [0.3, 0.4) is 0 Å². The summed E-state index contributed by atoms with van der Waals surface area (Å²) in [5.41, 5.74) is 1.89. The molecule has 2 aromatic heterocycles. The SMILES string of the molecule is C#CCCCCNC(=O)c1cnn(CC(=O)N[C@@H](CCN2C3CCC34C2CC4n2c(C)nnc2C(C)C)c2ccccc2)c1. The van der Waals surface area contributed by atoms with Gasteiger partial charge in [0, 0.05) is 55.2 Å².